The van der Waals surface area contributed by atoms with Crippen molar-refractivity contribution in [3.05, 3.63) is 47.3 Å². The van der Waals surface area contributed by atoms with E-state index in [2.05, 4.69) is 10.3 Å². The molecule has 1 aliphatic rings. The number of rotatable bonds is 2. The van der Waals surface area contributed by atoms with Crippen molar-refractivity contribution in [2.24, 2.45) is 0 Å². The summed E-state index contributed by atoms with van der Waals surface area (Å²) >= 11 is 5.70. The number of hydrogen-bond donors (Lipinski definition) is 1. The maximum Gasteiger partial charge on any atom is 0.143 e. The number of hydrogen-bond acceptors (Lipinski definition) is 3. The van der Waals surface area contributed by atoms with Gasteiger partial charge in [-0.25, -0.2) is 9.37 Å². The zero-order valence-electron chi connectivity index (χ0n) is 10.1. The van der Waals surface area contributed by atoms with Crippen LogP contribution in [0, 0.1) is 5.82 Å². The van der Waals surface area contributed by atoms with Crippen LogP contribution in [0.3, 0.4) is 0 Å². The molecule has 0 aliphatic carbocycles. The maximum atomic E-state index is 13.5. The summed E-state index contributed by atoms with van der Waals surface area (Å²) in [5.41, 5.74) is 1.58. The summed E-state index contributed by atoms with van der Waals surface area (Å²) in [6, 6.07) is 4.69. The number of aromatic nitrogens is 2. The topological polar surface area (TPSA) is 39.1 Å². The van der Waals surface area contributed by atoms with E-state index in [0.717, 1.165) is 18.8 Å². The van der Waals surface area contributed by atoms with Gasteiger partial charge < -0.3 is 14.6 Å². The van der Waals surface area contributed by atoms with E-state index >= 15 is 0 Å². The Kier molecular flexibility index (Phi) is 3.50. The van der Waals surface area contributed by atoms with Crippen molar-refractivity contribution in [3.63, 3.8) is 0 Å². The zero-order valence-corrected chi connectivity index (χ0v) is 10.9. The molecule has 1 unspecified atom stereocenters. The van der Waals surface area contributed by atoms with E-state index in [9.17, 15) is 4.39 Å². The van der Waals surface area contributed by atoms with Crippen molar-refractivity contribution in [3.8, 4) is 5.69 Å². The lowest BCUT2D eigenvalue weighted by Gasteiger charge is -2.24. The lowest BCUT2D eigenvalue weighted by Crippen LogP contribution is -2.34. The molecule has 1 aliphatic heterocycles. The SMILES string of the molecule is Fc1cc(-n2cncc2C2CNCCO2)ccc1Cl. The minimum absolute atomic E-state index is 0.0741. The Hall–Kier alpha value is -1.43. The number of nitrogens with one attached hydrogen (secondary N) is 1. The Bertz CT molecular complexity index is 581. The van der Waals surface area contributed by atoms with Crippen LogP contribution in [0.15, 0.2) is 30.7 Å². The van der Waals surface area contributed by atoms with Crippen LogP contribution < -0.4 is 5.32 Å². The van der Waals surface area contributed by atoms with Crippen LogP contribution in [0.2, 0.25) is 5.02 Å². The van der Waals surface area contributed by atoms with Gasteiger partial charge in [0.15, 0.2) is 0 Å². The van der Waals surface area contributed by atoms with Gasteiger partial charge in [-0.05, 0) is 18.2 Å². The predicted octanol–water partition coefficient (Wildman–Crippen LogP) is 2.33. The Labute approximate surface area is 115 Å². The lowest BCUT2D eigenvalue weighted by molar-refractivity contribution is 0.0240. The van der Waals surface area contributed by atoms with Gasteiger partial charge in [0, 0.05) is 18.8 Å². The molecule has 1 N–H and O–H groups in total. The summed E-state index contributed by atoms with van der Waals surface area (Å²) in [4.78, 5) is 4.13. The van der Waals surface area contributed by atoms with Crippen molar-refractivity contribution < 1.29 is 9.13 Å². The van der Waals surface area contributed by atoms with E-state index in [1.807, 2.05) is 4.57 Å². The van der Waals surface area contributed by atoms with Gasteiger partial charge in [-0.2, -0.15) is 0 Å². The first-order valence-corrected chi connectivity index (χ1v) is 6.43. The normalized spacial score (nSPS) is 19.6. The molecule has 3 rings (SSSR count). The summed E-state index contributed by atoms with van der Waals surface area (Å²) in [6.07, 6.45) is 3.31. The van der Waals surface area contributed by atoms with E-state index in [-0.39, 0.29) is 11.1 Å². The highest BCUT2D eigenvalue weighted by Crippen LogP contribution is 2.24. The summed E-state index contributed by atoms with van der Waals surface area (Å²) in [5, 5.41) is 3.37. The molecule has 1 aromatic carbocycles. The van der Waals surface area contributed by atoms with Crippen LogP contribution in [0.4, 0.5) is 4.39 Å². The van der Waals surface area contributed by atoms with Crippen molar-refractivity contribution in [2.45, 2.75) is 6.10 Å². The van der Waals surface area contributed by atoms with Crippen LogP contribution in [0.5, 0.6) is 0 Å². The second-order valence-electron chi connectivity index (χ2n) is 4.35. The number of benzene rings is 1. The lowest BCUT2D eigenvalue weighted by atomic mass is 10.2. The Morgan fingerprint density at radius 3 is 3.11 bits per heavy atom. The first-order chi connectivity index (χ1) is 9.25. The molecular weight excluding hydrogens is 269 g/mol. The van der Waals surface area contributed by atoms with Gasteiger partial charge in [0.2, 0.25) is 0 Å². The average Bonchev–Trinajstić information content (AvgIpc) is 2.92. The van der Waals surface area contributed by atoms with Crippen LogP contribution in [0.25, 0.3) is 5.69 Å². The van der Waals surface area contributed by atoms with Gasteiger partial charge in [0.1, 0.15) is 11.9 Å². The Balaban J connectivity index is 1.96. The summed E-state index contributed by atoms with van der Waals surface area (Å²) in [7, 11) is 0. The van der Waals surface area contributed by atoms with Gasteiger partial charge in [-0.1, -0.05) is 11.6 Å². The zero-order chi connectivity index (χ0) is 13.2. The molecule has 2 aromatic rings. The standard InChI is InChI=1S/C13H13ClFN3O/c14-10-2-1-9(5-11(10)15)18-8-17-6-12(18)13-7-16-3-4-19-13/h1-2,5-6,8,13,16H,3-4,7H2. The molecule has 6 heteroatoms. The number of nitrogens with zero attached hydrogens (tertiary/aromatic N) is 2. The predicted molar refractivity (Wildman–Crippen MR) is 70.1 cm³/mol. The molecule has 1 fully saturated rings. The molecule has 100 valence electrons. The molecule has 1 saturated heterocycles. The molecule has 19 heavy (non-hydrogen) atoms. The average molecular weight is 282 g/mol. The molecule has 4 nitrogen and oxygen atoms in total. The minimum atomic E-state index is -0.443. The van der Waals surface area contributed by atoms with Gasteiger partial charge in [-0.3, -0.25) is 0 Å². The smallest absolute Gasteiger partial charge is 0.143 e. The van der Waals surface area contributed by atoms with Gasteiger partial charge in [-0.15, -0.1) is 0 Å². The summed E-state index contributed by atoms with van der Waals surface area (Å²) < 4.78 is 21.0. The molecule has 0 amide bonds. The van der Waals surface area contributed by atoms with E-state index < -0.39 is 5.82 Å². The maximum absolute atomic E-state index is 13.5. The molecule has 0 radical (unpaired) electrons. The largest absolute Gasteiger partial charge is 0.369 e. The molecule has 1 aromatic heterocycles. The van der Waals surface area contributed by atoms with Crippen LogP contribution in [-0.2, 0) is 4.74 Å². The van der Waals surface area contributed by atoms with Crippen molar-refractivity contribution in [1.82, 2.24) is 14.9 Å². The molecule has 0 bridgehead atoms. The van der Waals surface area contributed by atoms with Crippen molar-refractivity contribution >= 4 is 11.6 Å². The first kappa shape index (κ1) is 12.6. The first-order valence-electron chi connectivity index (χ1n) is 6.05. The molecule has 2 heterocycles. The summed E-state index contributed by atoms with van der Waals surface area (Å²) in [5.74, 6) is -0.443. The number of morpholine rings is 1. The van der Waals surface area contributed by atoms with Crippen LogP contribution in [-0.4, -0.2) is 29.2 Å². The Morgan fingerprint density at radius 1 is 1.47 bits per heavy atom. The van der Waals surface area contributed by atoms with Crippen LogP contribution >= 0.6 is 11.6 Å². The van der Waals surface area contributed by atoms with Crippen molar-refractivity contribution in [1.29, 1.82) is 0 Å². The second-order valence-corrected chi connectivity index (χ2v) is 4.76. The van der Waals surface area contributed by atoms with Crippen molar-refractivity contribution in [2.75, 3.05) is 19.7 Å². The third-order valence-corrected chi connectivity index (χ3v) is 3.41. The highest BCUT2D eigenvalue weighted by atomic mass is 35.5. The third-order valence-electron chi connectivity index (χ3n) is 3.11. The molecular formula is C13H13ClFN3O. The van der Waals surface area contributed by atoms with Gasteiger partial charge in [0.25, 0.3) is 0 Å². The van der Waals surface area contributed by atoms with E-state index in [1.165, 1.54) is 12.1 Å². The van der Waals surface area contributed by atoms with Gasteiger partial charge in [0.05, 0.1) is 29.8 Å². The molecule has 1 atom stereocenters. The quantitative estimate of drug-likeness (QED) is 0.918. The highest BCUT2D eigenvalue weighted by Gasteiger charge is 2.20. The van der Waals surface area contributed by atoms with E-state index in [1.54, 1.807) is 18.6 Å². The third kappa shape index (κ3) is 2.49. The second kappa shape index (κ2) is 5.28. The molecule has 0 spiro atoms. The van der Waals surface area contributed by atoms with Crippen LogP contribution in [0.1, 0.15) is 11.8 Å². The van der Waals surface area contributed by atoms with E-state index in [0.29, 0.717) is 12.3 Å². The monoisotopic (exact) mass is 281 g/mol. The number of imidazole rings is 1. The minimum Gasteiger partial charge on any atom is -0.369 e. The van der Waals surface area contributed by atoms with E-state index in [4.69, 9.17) is 16.3 Å². The fourth-order valence-electron chi connectivity index (χ4n) is 2.15. The number of halogens is 2. The van der Waals surface area contributed by atoms with Gasteiger partial charge >= 0.3 is 0 Å². The number of ether oxygens (including phenoxy) is 1. The summed E-state index contributed by atoms with van der Waals surface area (Å²) in [6.45, 7) is 2.23. The Morgan fingerprint density at radius 2 is 2.37 bits per heavy atom. The fraction of sp³-hybridized carbons (Fsp3) is 0.308. The highest BCUT2D eigenvalue weighted by molar-refractivity contribution is 6.30. The fourth-order valence-corrected chi connectivity index (χ4v) is 2.27. The molecule has 0 saturated carbocycles.